The summed E-state index contributed by atoms with van der Waals surface area (Å²) in [4.78, 5) is 4.99. The van der Waals surface area contributed by atoms with Gasteiger partial charge in [-0.15, -0.1) is 6.58 Å². The highest BCUT2D eigenvalue weighted by molar-refractivity contribution is 4.86. The quantitative estimate of drug-likeness (QED) is 0.612. The van der Waals surface area contributed by atoms with E-state index in [1.807, 2.05) is 6.08 Å². The summed E-state index contributed by atoms with van der Waals surface area (Å²) in [5.74, 6) is 0. The molecule has 0 aromatic carbocycles. The van der Waals surface area contributed by atoms with Crippen molar-refractivity contribution >= 4 is 0 Å². The molecule has 1 saturated heterocycles. The zero-order valence-electron chi connectivity index (χ0n) is 9.16. The van der Waals surface area contributed by atoms with E-state index in [0.29, 0.717) is 12.1 Å². The Hall–Kier alpha value is -0.340. The average Bonchev–Trinajstić information content (AvgIpc) is 2.08. The first-order valence-corrected chi connectivity index (χ1v) is 5.20. The average molecular weight is 182 g/mol. The molecule has 13 heavy (non-hydrogen) atoms. The summed E-state index contributed by atoms with van der Waals surface area (Å²) in [6.45, 7) is 12.0. The van der Waals surface area contributed by atoms with Gasteiger partial charge < -0.3 is 4.90 Å². The Morgan fingerprint density at radius 2 is 2.15 bits per heavy atom. The predicted octanol–water partition coefficient (Wildman–Crippen LogP) is 1.59. The molecular weight excluding hydrogens is 160 g/mol. The fourth-order valence-corrected chi connectivity index (χ4v) is 1.89. The molecule has 0 aliphatic carbocycles. The normalized spacial score (nSPS) is 26.6. The minimum absolute atomic E-state index is 0.675. The molecule has 0 bridgehead atoms. The molecular formula is C11H22N2. The lowest BCUT2D eigenvalue weighted by atomic mass is 10.1. The number of nitrogens with zero attached hydrogens (tertiary/aromatic N) is 2. The maximum Gasteiger partial charge on any atom is 0.0255 e. The van der Waals surface area contributed by atoms with Gasteiger partial charge in [-0.25, -0.2) is 0 Å². The second-order valence-electron chi connectivity index (χ2n) is 4.25. The van der Waals surface area contributed by atoms with Crippen LogP contribution in [-0.2, 0) is 0 Å². The minimum Gasteiger partial charge on any atom is -0.301 e. The van der Waals surface area contributed by atoms with Crippen LogP contribution in [0.2, 0.25) is 0 Å². The van der Waals surface area contributed by atoms with E-state index in [1.165, 1.54) is 19.6 Å². The Balaban J connectivity index is 2.47. The van der Waals surface area contributed by atoms with Gasteiger partial charge in [0.15, 0.2) is 0 Å². The van der Waals surface area contributed by atoms with E-state index in [2.05, 4.69) is 37.3 Å². The van der Waals surface area contributed by atoms with Gasteiger partial charge in [0.05, 0.1) is 0 Å². The van der Waals surface area contributed by atoms with Crippen molar-refractivity contribution in [3.63, 3.8) is 0 Å². The van der Waals surface area contributed by atoms with Gasteiger partial charge in [-0.05, 0) is 27.3 Å². The van der Waals surface area contributed by atoms with Crippen molar-refractivity contribution in [3.8, 4) is 0 Å². The number of piperazine rings is 1. The van der Waals surface area contributed by atoms with E-state index in [4.69, 9.17) is 0 Å². The van der Waals surface area contributed by atoms with Crippen LogP contribution in [0.4, 0.5) is 0 Å². The van der Waals surface area contributed by atoms with E-state index in [9.17, 15) is 0 Å². The first-order chi connectivity index (χ1) is 6.15. The van der Waals surface area contributed by atoms with Gasteiger partial charge in [0.1, 0.15) is 0 Å². The molecule has 0 aromatic rings. The Morgan fingerprint density at radius 1 is 1.46 bits per heavy atom. The van der Waals surface area contributed by atoms with Crippen molar-refractivity contribution < 1.29 is 0 Å². The van der Waals surface area contributed by atoms with Crippen molar-refractivity contribution in [1.82, 2.24) is 9.80 Å². The van der Waals surface area contributed by atoms with Gasteiger partial charge in [0, 0.05) is 31.7 Å². The lowest BCUT2D eigenvalue weighted by Crippen LogP contribution is -2.53. The molecule has 0 amide bonds. The third-order valence-electron chi connectivity index (χ3n) is 2.98. The van der Waals surface area contributed by atoms with Gasteiger partial charge in [-0.3, -0.25) is 4.90 Å². The standard InChI is InChI=1S/C11H22N2/c1-5-6-11-9-13(10(2)3)8-7-12(11)4/h5,10-11H,1,6-9H2,2-4H3. The maximum absolute atomic E-state index is 3.81. The molecule has 76 valence electrons. The van der Waals surface area contributed by atoms with Gasteiger partial charge in [-0.1, -0.05) is 6.08 Å². The summed E-state index contributed by atoms with van der Waals surface area (Å²) in [5, 5.41) is 0. The molecule has 0 aromatic heterocycles. The van der Waals surface area contributed by atoms with Crippen LogP contribution in [0.3, 0.4) is 0 Å². The minimum atomic E-state index is 0.675. The van der Waals surface area contributed by atoms with Gasteiger partial charge in [0.2, 0.25) is 0 Å². The zero-order valence-corrected chi connectivity index (χ0v) is 9.16. The fraction of sp³-hybridized carbons (Fsp3) is 0.818. The summed E-state index contributed by atoms with van der Waals surface area (Å²) < 4.78 is 0. The Bertz CT molecular complexity index is 165. The van der Waals surface area contributed by atoms with Crippen LogP contribution < -0.4 is 0 Å². The third-order valence-corrected chi connectivity index (χ3v) is 2.98. The first kappa shape index (κ1) is 10.7. The predicted molar refractivity (Wildman–Crippen MR) is 57.9 cm³/mol. The summed E-state index contributed by atoms with van der Waals surface area (Å²) in [6.07, 6.45) is 3.14. The van der Waals surface area contributed by atoms with Crippen LogP contribution in [0.15, 0.2) is 12.7 Å². The van der Waals surface area contributed by atoms with Crippen LogP contribution in [0.25, 0.3) is 0 Å². The van der Waals surface area contributed by atoms with Crippen molar-refractivity contribution in [2.24, 2.45) is 0 Å². The highest BCUT2D eigenvalue weighted by atomic mass is 15.3. The van der Waals surface area contributed by atoms with Crippen molar-refractivity contribution in [2.45, 2.75) is 32.4 Å². The van der Waals surface area contributed by atoms with Crippen molar-refractivity contribution in [3.05, 3.63) is 12.7 Å². The lowest BCUT2D eigenvalue weighted by Gasteiger charge is -2.41. The molecule has 1 rings (SSSR count). The highest BCUT2D eigenvalue weighted by Crippen LogP contribution is 2.13. The summed E-state index contributed by atoms with van der Waals surface area (Å²) in [5.41, 5.74) is 0. The molecule has 0 saturated carbocycles. The fourth-order valence-electron chi connectivity index (χ4n) is 1.89. The molecule has 2 nitrogen and oxygen atoms in total. The molecule has 1 atom stereocenters. The molecule has 1 heterocycles. The molecule has 0 N–H and O–H groups in total. The Morgan fingerprint density at radius 3 is 2.69 bits per heavy atom. The van der Waals surface area contributed by atoms with E-state index in [1.54, 1.807) is 0 Å². The molecule has 1 aliphatic rings. The number of likely N-dealkylation sites (N-methyl/N-ethyl adjacent to an activating group) is 1. The van der Waals surface area contributed by atoms with Crippen LogP contribution in [-0.4, -0.2) is 48.6 Å². The third kappa shape index (κ3) is 2.82. The van der Waals surface area contributed by atoms with Crippen LogP contribution in [0.1, 0.15) is 20.3 Å². The molecule has 0 spiro atoms. The SMILES string of the molecule is C=CCC1CN(C(C)C)CCN1C. The summed E-state index contributed by atoms with van der Waals surface area (Å²) in [7, 11) is 2.21. The van der Waals surface area contributed by atoms with Gasteiger partial charge >= 0.3 is 0 Å². The van der Waals surface area contributed by atoms with Crippen LogP contribution in [0.5, 0.6) is 0 Å². The molecule has 1 unspecified atom stereocenters. The highest BCUT2D eigenvalue weighted by Gasteiger charge is 2.24. The number of hydrogen-bond donors (Lipinski definition) is 0. The first-order valence-electron chi connectivity index (χ1n) is 5.20. The topological polar surface area (TPSA) is 6.48 Å². The van der Waals surface area contributed by atoms with Gasteiger partial charge in [-0.2, -0.15) is 0 Å². The van der Waals surface area contributed by atoms with E-state index >= 15 is 0 Å². The lowest BCUT2D eigenvalue weighted by molar-refractivity contribution is 0.0760. The van der Waals surface area contributed by atoms with Crippen molar-refractivity contribution in [2.75, 3.05) is 26.7 Å². The van der Waals surface area contributed by atoms with Crippen LogP contribution >= 0.6 is 0 Å². The maximum atomic E-state index is 3.81. The van der Waals surface area contributed by atoms with E-state index in [0.717, 1.165) is 6.42 Å². The molecule has 1 fully saturated rings. The Labute approximate surface area is 82.2 Å². The van der Waals surface area contributed by atoms with E-state index < -0.39 is 0 Å². The smallest absolute Gasteiger partial charge is 0.0255 e. The second-order valence-corrected chi connectivity index (χ2v) is 4.25. The van der Waals surface area contributed by atoms with E-state index in [-0.39, 0.29) is 0 Å². The molecule has 1 aliphatic heterocycles. The molecule has 0 radical (unpaired) electrons. The van der Waals surface area contributed by atoms with Crippen LogP contribution in [0, 0.1) is 0 Å². The zero-order chi connectivity index (χ0) is 9.84. The number of hydrogen-bond acceptors (Lipinski definition) is 2. The number of rotatable bonds is 3. The van der Waals surface area contributed by atoms with Crippen molar-refractivity contribution in [1.29, 1.82) is 0 Å². The second kappa shape index (κ2) is 4.77. The summed E-state index contributed by atoms with van der Waals surface area (Å²) in [6, 6.07) is 1.36. The molecule has 2 heteroatoms. The largest absolute Gasteiger partial charge is 0.301 e. The monoisotopic (exact) mass is 182 g/mol. The Kier molecular flexibility index (Phi) is 3.94. The summed E-state index contributed by atoms with van der Waals surface area (Å²) >= 11 is 0. The van der Waals surface area contributed by atoms with Gasteiger partial charge in [0.25, 0.3) is 0 Å².